The Morgan fingerprint density at radius 1 is 1.05 bits per heavy atom. The van der Waals surface area contributed by atoms with Crippen molar-refractivity contribution in [2.45, 2.75) is 31.8 Å². The second-order valence-electron chi connectivity index (χ2n) is 6.31. The Labute approximate surface area is 125 Å². The fourth-order valence-electron chi connectivity index (χ4n) is 3.56. The molecule has 3 aromatic rings. The predicted molar refractivity (Wildman–Crippen MR) is 87.3 cm³/mol. The SMILES string of the molecule is Cc1ccc2c(c1)cc1n2CC(N)(c2ccccc2)CC1. The molecule has 21 heavy (non-hydrogen) atoms. The average molecular weight is 276 g/mol. The third kappa shape index (κ3) is 1.98. The van der Waals surface area contributed by atoms with Crippen molar-refractivity contribution >= 4 is 10.9 Å². The third-order valence-corrected chi connectivity index (χ3v) is 4.76. The van der Waals surface area contributed by atoms with Gasteiger partial charge in [0, 0.05) is 23.1 Å². The van der Waals surface area contributed by atoms with E-state index in [1.807, 2.05) is 0 Å². The van der Waals surface area contributed by atoms with Gasteiger partial charge >= 0.3 is 0 Å². The van der Waals surface area contributed by atoms with Crippen LogP contribution in [0.2, 0.25) is 0 Å². The number of aryl methyl sites for hydroxylation is 2. The summed E-state index contributed by atoms with van der Waals surface area (Å²) < 4.78 is 2.41. The van der Waals surface area contributed by atoms with Crippen LogP contribution < -0.4 is 5.73 Å². The van der Waals surface area contributed by atoms with Crippen molar-refractivity contribution in [3.63, 3.8) is 0 Å². The molecule has 2 heteroatoms. The molecule has 2 N–H and O–H groups in total. The van der Waals surface area contributed by atoms with Crippen LogP contribution in [0.1, 0.15) is 23.2 Å². The first-order valence-corrected chi connectivity index (χ1v) is 7.59. The fraction of sp³-hybridized carbons (Fsp3) is 0.263. The molecular formula is C19H20N2. The van der Waals surface area contributed by atoms with Crippen molar-refractivity contribution in [1.82, 2.24) is 4.57 Å². The van der Waals surface area contributed by atoms with E-state index in [1.165, 1.54) is 27.7 Å². The smallest absolute Gasteiger partial charge is 0.0595 e. The summed E-state index contributed by atoms with van der Waals surface area (Å²) in [7, 11) is 0. The lowest BCUT2D eigenvalue weighted by Gasteiger charge is -2.35. The quantitative estimate of drug-likeness (QED) is 0.721. The van der Waals surface area contributed by atoms with Crippen molar-refractivity contribution in [2.24, 2.45) is 5.73 Å². The highest BCUT2D eigenvalue weighted by molar-refractivity contribution is 5.82. The molecule has 0 saturated carbocycles. The molecular weight excluding hydrogens is 256 g/mol. The number of benzene rings is 2. The summed E-state index contributed by atoms with van der Waals surface area (Å²) in [6, 6.07) is 19.5. The Kier molecular flexibility index (Phi) is 2.69. The van der Waals surface area contributed by atoms with Gasteiger partial charge in [-0.15, -0.1) is 0 Å². The van der Waals surface area contributed by atoms with Gasteiger partial charge in [0.1, 0.15) is 0 Å². The Morgan fingerprint density at radius 2 is 1.86 bits per heavy atom. The van der Waals surface area contributed by atoms with Gasteiger partial charge in [-0.1, -0.05) is 42.0 Å². The van der Waals surface area contributed by atoms with E-state index in [4.69, 9.17) is 5.73 Å². The topological polar surface area (TPSA) is 30.9 Å². The molecule has 2 nitrogen and oxygen atoms in total. The van der Waals surface area contributed by atoms with Crippen molar-refractivity contribution in [3.05, 3.63) is 71.4 Å². The molecule has 1 aliphatic heterocycles. The van der Waals surface area contributed by atoms with Crippen molar-refractivity contribution in [1.29, 1.82) is 0 Å². The van der Waals surface area contributed by atoms with Gasteiger partial charge in [0.2, 0.25) is 0 Å². The van der Waals surface area contributed by atoms with Crippen LogP contribution in [0.3, 0.4) is 0 Å². The van der Waals surface area contributed by atoms with Crippen LogP contribution in [0.15, 0.2) is 54.6 Å². The molecule has 4 rings (SSSR count). The van der Waals surface area contributed by atoms with E-state index in [9.17, 15) is 0 Å². The normalized spacial score (nSPS) is 21.4. The number of rotatable bonds is 1. The van der Waals surface area contributed by atoms with Crippen LogP contribution in [-0.2, 0) is 18.5 Å². The number of nitrogens with zero attached hydrogens (tertiary/aromatic N) is 1. The Hall–Kier alpha value is -2.06. The zero-order valence-electron chi connectivity index (χ0n) is 12.3. The van der Waals surface area contributed by atoms with Crippen LogP contribution in [0.25, 0.3) is 10.9 Å². The maximum absolute atomic E-state index is 6.75. The number of fused-ring (bicyclic) bond motifs is 3. The zero-order chi connectivity index (χ0) is 14.4. The summed E-state index contributed by atoms with van der Waals surface area (Å²) in [5.74, 6) is 0. The molecule has 0 bridgehead atoms. The van der Waals surface area contributed by atoms with E-state index in [2.05, 4.69) is 66.1 Å². The standard InChI is InChI=1S/C19H20N2/c1-14-7-8-18-15(11-14)12-17-9-10-19(20,13-21(17)18)16-5-3-2-4-6-16/h2-8,11-12H,9-10,13,20H2,1H3. The maximum Gasteiger partial charge on any atom is 0.0595 e. The molecule has 1 unspecified atom stereocenters. The Bertz CT molecular complexity index is 801. The van der Waals surface area contributed by atoms with Gasteiger partial charge in [0.25, 0.3) is 0 Å². The van der Waals surface area contributed by atoms with E-state index in [0.717, 1.165) is 19.4 Å². The lowest BCUT2D eigenvalue weighted by Crippen LogP contribution is -2.44. The first-order chi connectivity index (χ1) is 10.2. The molecule has 1 aromatic heterocycles. The van der Waals surface area contributed by atoms with Gasteiger partial charge in [-0.2, -0.15) is 0 Å². The van der Waals surface area contributed by atoms with Crippen LogP contribution in [-0.4, -0.2) is 4.57 Å². The highest BCUT2D eigenvalue weighted by atomic mass is 15.0. The zero-order valence-corrected chi connectivity index (χ0v) is 12.3. The average Bonchev–Trinajstić information content (AvgIpc) is 2.85. The summed E-state index contributed by atoms with van der Waals surface area (Å²) >= 11 is 0. The maximum atomic E-state index is 6.75. The lowest BCUT2D eigenvalue weighted by atomic mass is 9.83. The van der Waals surface area contributed by atoms with Gasteiger partial charge in [-0.05, 0) is 43.5 Å². The van der Waals surface area contributed by atoms with Crippen LogP contribution in [0.4, 0.5) is 0 Å². The van der Waals surface area contributed by atoms with Crippen LogP contribution in [0, 0.1) is 6.92 Å². The van der Waals surface area contributed by atoms with Crippen LogP contribution >= 0.6 is 0 Å². The highest BCUT2D eigenvalue weighted by Crippen LogP contribution is 2.34. The number of nitrogens with two attached hydrogens (primary N) is 1. The molecule has 0 amide bonds. The monoisotopic (exact) mass is 276 g/mol. The summed E-state index contributed by atoms with van der Waals surface area (Å²) in [5.41, 5.74) is 11.8. The summed E-state index contributed by atoms with van der Waals surface area (Å²) in [6.45, 7) is 3.01. The summed E-state index contributed by atoms with van der Waals surface area (Å²) in [5, 5.41) is 1.34. The molecule has 0 spiro atoms. The minimum absolute atomic E-state index is 0.259. The van der Waals surface area contributed by atoms with Crippen molar-refractivity contribution < 1.29 is 0 Å². The van der Waals surface area contributed by atoms with E-state index in [0.29, 0.717) is 0 Å². The molecule has 0 fully saturated rings. The number of aromatic nitrogens is 1. The number of hydrogen-bond acceptors (Lipinski definition) is 1. The summed E-state index contributed by atoms with van der Waals surface area (Å²) in [4.78, 5) is 0. The first kappa shape index (κ1) is 12.7. The molecule has 0 saturated heterocycles. The molecule has 2 aromatic carbocycles. The minimum Gasteiger partial charge on any atom is -0.342 e. The highest BCUT2D eigenvalue weighted by Gasteiger charge is 2.32. The number of hydrogen-bond donors (Lipinski definition) is 1. The summed E-state index contributed by atoms with van der Waals surface area (Å²) in [6.07, 6.45) is 2.05. The Morgan fingerprint density at radius 3 is 2.67 bits per heavy atom. The van der Waals surface area contributed by atoms with Gasteiger partial charge in [-0.25, -0.2) is 0 Å². The lowest BCUT2D eigenvalue weighted by molar-refractivity contribution is 0.316. The Balaban J connectivity index is 1.82. The second kappa shape index (κ2) is 4.47. The third-order valence-electron chi connectivity index (χ3n) is 4.76. The predicted octanol–water partition coefficient (Wildman–Crippen LogP) is 3.75. The van der Waals surface area contributed by atoms with E-state index < -0.39 is 0 Å². The fourth-order valence-corrected chi connectivity index (χ4v) is 3.56. The van der Waals surface area contributed by atoms with Gasteiger partial charge in [-0.3, -0.25) is 0 Å². The molecule has 0 radical (unpaired) electrons. The van der Waals surface area contributed by atoms with E-state index in [1.54, 1.807) is 0 Å². The molecule has 106 valence electrons. The molecule has 1 atom stereocenters. The molecule has 1 aliphatic rings. The van der Waals surface area contributed by atoms with Crippen molar-refractivity contribution in [2.75, 3.05) is 0 Å². The molecule has 0 aliphatic carbocycles. The van der Waals surface area contributed by atoms with E-state index >= 15 is 0 Å². The van der Waals surface area contributed by atoms with Gasteiger partial charge in [0.15, 0.2) is 0 Å². The minimum atomic E-state index is -0.259. The van der Waals surface area contributed by atoms with Gasteiger partial charge < -0.3 is 10.3 Å². The van der Waals surface area contributed by atoms with Crippen molar-refractivity contribution in [3.8, 4) is 0 Å². The second-order valence-corrected chi connectivity index (χ2v) is 6.31. The largest absolute Gasteiger partial charge is 0.342 e. The molecule has 2 heterocycles. The first-order valence-electron chi connectivity index (χ1n) is 7.59. The van der Waals surface area contributed by atoms with E-state index in [-0.39, 0.29) is 5.54 Å². The van der Waals surface area contributed by atoms with Gasteiger partial charge in [0.05, 0.1) is 5.54 Å². The van der Waals surface area contributed by atoms with Crippen LogP contribution in [0.5, 0.6) is 0 Å².